The van der Waals surface area contributed by atoms with Crippen molar-refractivity contribution in [2.75, 3.05) is 26.0 Å². The van der Waals surface area contributed by atoms with Gasteiger partial charge in [-0.15, -0.1) is 0 Å². The minimum absolute atomic E-state index is 0.0110. The molecule has 2 atom stereocenters. The highest BCUT2D eigenvalue weighted by Crippen LogP contribution is 2.28. The van der Waals surface area contributed by atoms with Gasteiger partial charge in [0.1, 0.15) is 0 Å². The Morgan fingerprint density at radius 1 is 1.32 bits per heavy atom. The Kier molecular flexibility index (Phi) is 5.01. The Hall–Kier alpha value is -0.620. The minimum Gasteiger partial charge on any atom is -0.469 e. The van der Waals surface area contributed by atoms with Crippen LogP contribution in [0.4, 0.5) is 0 Å². The molecule has 19 heavy (non-hydrogen) atoms. The lowest BCUT2D eigenvalue weighted by molar-refractivity contribution is -0.145. The summed E-state index contributed by atoms with van der Waals surface area (Å²) >= 11 is 0. The van der Waals surface area contributed by atoms with Crippen LogP contribution in [0.2, 0.25) is 0 Å². The summed E-state index contributed by atoms with van der Waals surface area (Å²) in [5, 5.41) is 0. The fraction of sp³-hybridized carbons (Fsp3) is 0.923. The predicted octanol–water partition coefficient (Wildman–Crippen LogP) is 1.49. The fourth-order valence-electron chi connectivity index (χ4n) is 2.17. The van der Waals surface area contributed by atoms with Crippen molar-refractivity contribution in [1.82, 2.24) is 4.31 Å². The van der Waals surface area contributed by atoms with E-state index in [1.807, 2.05) is 27.7 Å². The number of hydrogen-bond acceptors (Lipinski definition) is 4. The molecule has 0 aromatic heterocycles. The van der Waals surface area contributed by atoms with Gasteiger partial charge in [-0.3, -0.25) is 4.79 Å². The first-order chi connectivity index (χ1) is 8.57. The molecule has 0 spiro atoms. The number of ether oxygens (including phenoxy) is 1. The van der Waals surface area contributed by atoms with Crippen molar-refractivity contribution < 1.29 is 17.9 Å². The summed E-state index contributed by atoms with van der Waals surface area (Å²) < 4.78 is 30.7. The molecule has 1 heterocycles. The number of rotatable bonds is 4. The van der Waals surface area contributed by atoms with Crippen LogP contribution in [0.25, 0.3) is 0 Å². The van der Waals surface area contributed by atoms with E-state index in [-0.39, 0.29) is 35.5 Å². The molecule has 0 aliphatic carbocycles. The molecule has 0 aromatic carbocycles. The average molecular weight is 291 g/mol. The fourth-order valence-corrected chi connectivity index (χ4v) is 4.15. The van der Waals surface area contributed by atoms with Gasteiger partial charge in [0.25, 0.3) is 0 Å². The number of esters is 1. The number of methoxy groups -OCH3 is 1. The molecular formula is C13H25NO4S. The van der Waals surface area contributed by atoms with E-state index in [2.05, 4.69) is 0 Å². The van der Waals surface area contributed by atoms with E-state index in [9.17, 15) is 13.2 Å². The van der Waals surface area contributed by atoms with E-state index in [1.165, 1.54) is 11.4 Å². The van der Waals surface area contributed by atoms with Gasteiger partial charge in [-0.1, -0.05) is 27.7 Å². The second-order valence-electron chi connectivity index (χ2n) is 6.55. The summed E-state index contributed by atoms with van der Waals surface area (Å²) in [4.78, 5) is 11.6. The highest BCUT2D eigenvalue weighted by atomic mass is 32.2. The van der Waals surface area contributed by atoms with Gasteiger partial charge in [-0.25, -0.2) is 12.7 Å². The monoisotopic (exact) mass is 291 g/mol. The third-order valence-corrected chi connectivity index (χ3v) is 5.39. The SMILES string of the molecule is COC(=O)C1CN(S(=O)(=O)CCC(C)(C)C)CC1C. The van der Waals surface area contributed by atoms with E-state index in [4.69, 9.17) is 4.74 Å². The molecule has 0 radical (unpaired) electrons. The topological polar surface area (TPSA) is 63.7 Å². The zero-order valence-electron chi connectivity index (χ0n) is 12.5. The van der Waals surface area contributed by atoms with E-state index >= 15 is 0 Å². The van der Waals surface area contributed by atoms with Crippen molar-refractivity contribution in [2.45, 2.75) is 34.1 Å². The van der Waals surface area contributed by atoms with Crippen LogP contribution in [0.15, 0.2) is 0 Å². The standard InChI is InChI=1S/C13H25NO4S/c1-10-8-14(9-11(10)12(15)18-5)19(16,17)7-6-13(2,3)4/h10-11H,6-9H2,1-5H3. The lowest BCUT2D eigenvalue weighted by atomic mass is 9.94. The Labute approximate surface area is 116 Å². The molecule has 0 amide bonds. The Bertz CT molecular complexity index is 424. The molecule has 0 saturated carbocycles. The summed E-state index contributed by atoms with van der Waals surface area (Å²) in [6.45, 7) is 8.61. The maximum atomic E-state index is 12.3. The molecule has 0 bridgehead atoms. The molecule has 1 fully saturated rings. The van der Waals surface area contributed by atoms with E-state index in [0.717, 1.165) is 0 Å². The molecule has 1 aliphatic heterocycles. The largest absolute Gasteiger partial charge is 0.469 e. The molecule has 1 saturated heterocycles. The van der Waals surface area contributed by atoms with Crippen molar-refractivity contribution in [3.05, 3.63) is 0 Å². The Morgan fingerprint density at radius 2 is 1.89 bits per heavy atom. The third-order valence-electron chi connectivity index (χ3n) is 3.59. The van der Waals surface area contributed by atoms with E-state index in [1.54, 1.807) is 0 Å². The molecule has 2 unspecified atom stereocenters. The molecule has 1 aliphatic rings. The lowest BCUT2D eigenvalue weighted by Gasteiger charge is -2.21. The van der Waals surface area contributed by atoms with Gasteiger partial charge in [-0.05, 0) is 17.8 Å². The van der Waals surface area contributed by atoms with Crippen LogP contribution in [0, 0.1) is 17.3 Å². The number of carbonyl (C=O) groups is 1. The van der Waals surface area contributed by atoms with Crippen molar-refractivity contribution >= 4 is 16.0 Å². The Morgan fingerprint density at radius 3 is 2.37 bits per heavy atom. The lowest BCUT2D eigenvalue weighted by Crippen LogP contribution is -2.33. The molecule has 112 valence electrons. The van der Waals surface area contributed by atoms with Crippen LogP contribution >= 0.6 is 0 Å². The number of nitrogens with zero attached hydrogens (tertiary/aromatic N) is 1. The second kappa shape index (κ2) is 5.79. The van der Waals surface area contributed by atoms with Crippen LogP contribution in [-0.4, -0.2) is 44.6 Å². The van der Waals surface area contributed by atoms with Crippen LogP contribution < -0.4 is 0 Å². The maximum Gasteiger partial charge on any atom is 0.310 e. The first-order valence-corrected chi connectivity index (χ1v) is 8.23. The second-order valence-corrected chi connectivity index (χ2v) is 8.64. The van der Waals surface area contributed by atoms with Gasteiger partial charge < -0.3 is 4.74 Å². The van der Waals surface area contributed by atoms with Crippen molar-refractivity contribution in [3.8, 4) is 0 Å². The quantitative estimate of drug-likeness (QED) is 0.736. The van der Waals surface area contributed by atoms with Gasteiger partial charge in [-0.2, -0.15) is 0 Å². The third kappa shape index (κ3) is 4.45. The normalized spacial score (nSPS) is 25.5. The van der Waals surface area contributed by atoms with Gasteiger partial charge in [0.2, 0.25) is 10.0 Å². The molecule has 1 rings (SSSR count). The van der Waals surface area contributed by atoms with Gasteiger partial charge in [0, 0.05) is 13.1 Å². The minimum atomic E-state index is -3.28. The highest BCUT2D eigenvalue weighted by molar-refractivity contribution is 7.89. The molecule has 6 heteroatoms. The first kappa shape index (κ1) is 16.4. The van der Waals surface area contributed by atoms with Crippen molar-refractivity contribution in [2.24, 2.45) is 17.3 Å². The van der Waals surface area contributed by atoms with Crippen molar-refractivity contribution in [1.29, 1.82) is 0 Å². The summed E-state index contributed by atoms with van der Waals surface area (Å²) in [5.41, 5.74) is -0.0137. The van der Waals surface area contributed by atoms with Gasteiger partial charge >= 0.3 is 5.97 Å². The summed E-state index contributed by atoms with van der Waals surface area (Å²) in [6.07, 6.45) is 0.614. The number of hydrogen-bond donors (Lipinski definition) is 0. The molecular weight excluding hydrogens is 266 g/mol. The zero-order valence-corrected chi connectivity index (χ0v) is 13.3. The summed E-state index contributed by atoms with van der Waals surface area (Å²) in [5.74, 6) is -0.510. The van der Waals surface area contributed by atoms with Crippen LogP contribution in [0.5, 0.6) is 0 Å². The molecule has 0 aromatic rings. The summed E-state index contributed by atoms with van der Waals surface area (Å²) in [6, 6.07) is 0. The van der Waals surface area contributed by atoms with E-state index < -0.39 is 10.0 Å². The highest BCUT2D eigenvalue weighted by Gasteiger charge is 2.40. The summed E-state index contributed by atoms with van der Waals surface area (Å²) in [7, 11) is -1.94. The van der Waals surface area contributed by atoms with Gasteiger partial charge in [0.15, 0.2) is 0 Å². The molecule has 0 N–H and O–H groups in total. The predicted molar refractivity (Wildman–Crippen MR) is 74.1 cm³/mol. The van der Waals surface area contributed by atoms with E-state index in [0.29, 0.717) is 13.0 Å². The first-order valence-electron chi connectivity index (χ1n) is 6.62. The number of sulfonamides is 1. The Balaban J connectivity index is 2.69. The number of carbonyl (C=O) groups excluding carboxylic acids is 1. The van der Waals surface area contributed by atoms with Crippen LogP contribution in [0.1, 0.15) is 34.1 Å². The van der Waals surface area contributed by atoms with Gasteiger partial charge in [0.05, 0.1) is 18.8 Å². The maximum absolute atomic E-state index is 12.3. The average Bonchev–Trinajstić information content (AvgIpc) is 2.68. The zero-order chi connectivity index (χ0) is 14.8. The molecule has 5 nitrogen and oxygen atoms in total. The van der Waals surface area contributed by atoms with Crippen molar-refractivity contribution in [3.63, 3.8) is 0 Å². The van der Waals surface area contributed by atoms with Crippen LogP contribution in [0.3, 0.4) is 0 Å². The smallest absolute Gasteiger partial charge is 0.310 e. The van der Waals surface area contributed by atoms with Crippen LogP contribution in [-0.2, 0) is 19.6 Å².